The molecule has 13 heteroatoms. The zero-order valence-electron chi connectivity index (χ0n) is 23.8. The lowest BCUT2D eigenvalue weighted by molar-refractivity contribution is -0.174. The molecule has 234 valence electrons. The maximum absolute atomic E-state index is 12.7. The van der Waals surface area contributed by atoms with Crippen LogP contribution >= 0.6 is 11.8 Å². The normalized spacial score (nSPS) is 12.8. The highest BCUT2D eigenvalue weighted by molar-refractivity contribution is 7.99. The van der Waals surface area contributed by atoms with Gasteiger partial charge in [-0.3, -0.25) is 14.4 Å². The number of nitrogens with one attached hydrogen (secondary N) is 2. The van der Waals surface area contributed by atoms with Crippen LogP contribution in [-0.4, -0.2) is 78.9 Å². The number of carbonyl (C=O) groups excluding carboxylic acids is 4. The smallest absolute Gasteiger partial charge is 0.467 e. The van der Waals surface area contributed by atoms with E-state index in [1.807, 2.05) is 5.32 Å². The minimum atomic E-state index is -5.22. The van der Waals surface area contributed by atoms with Crippen molar-refractivity contribution in [3.63, 3.8) is 0 Å². The van der Waals surface area contributed by atoms with Crippen LogP contribution in [0.15, 0.2) is 0 Å². The third-order valence-corrected chi connectivity index (χ3v) is 7.15. The highest BCUT2D eigenvalue weighted by Gasteiger charge is 2.41. The van der Waals surface area contributed by atoms with Crippen molar-refractivity contribution >= 4 is 35.5 Å². The Kier molecular flexibility index (Phi) is 22.5. The maximum atomic E-state index is 12.7. The summed E-state index contributed by atoms with van der Waals surface area (Å²) in [5.74, 6) is -4.91. The number of methoxy groups -OCH3 is 1. The van der Waals surface area contributed by atoms with E-state index in [4.69, 9.17) is 4.74 Å². The average Bonchev–Trinajstić information content (AvgIpc) is 2.92. The van der Waals surface area contributed by atoms with Gasteiger partial charge in [0.05, 0.1) is 13.7 Å². The number of unbranched alkanes of at least 4 members (excludes halogenated alkanes) is 12. The van der Waals surface area contributed by atoms with Gasteiger partial charge in [0, 0.05) is 17.9 Å². The maximum Gasteiger partial charge on any atom is 0.471 e. The lowest BCUT2D eigenvalue weighted by atomic mass is 10.0. The van der Waals surface area contributed by atoms with Crippen molar-refractivity contribution in [1.82, 2.24) is 10.6 Å². The summed E-state index contributed by atoms with van der Waals surface area (Å²) in [5.41, 5.74) is 0. The first-order chi connectivity index (χ1) is 19.1. The fourth-order valence-corrected chi connectivity index (χ4v) is 4.63. The predicted molar refractivity (Wildman–Crippen MR) is 148 cm³/mol. The summed E-state index contributed by atoms with van der Waals surface area (Å²) in [4.78, 5) is 47.1. The van der Waals surface area contributed by atoms with Crippen LogP contribution in [0.4, 0.5) is 13.2 Å². The zero-order valence-corrected chi connectivity index (χ0v) is 24.6. The van der Waals surface area contributed by atoms with Gasteiger partial charge in [-0.25, -0.2) is 4.79 Å². The molecule has 3 N–H and O–H groups in total. The summed E-state index contributed by atoms with van der Waals surface area (Å²) in [6.07, 6.45) is 10.6. The number of hydrogen-bond donors (Lipinski definition) is 3. The van der Waals surface area contributed by atoms with E-state index in [9.17, 15) is 37.5 Å². The largest absolute Gasteiger partial charge is 0.471 e. The van der Waals surface area contributed by atoms with Crippen LogP contribution < -0.4 is 10.6 Å². The summed E-state index contributed by atoms with van der Waals surface area (Å²) in [7, 11) is 1.01. The molecule has 0 saturated heterocycles. The second-order valence-corrected chi connectivity index (χ2v) is 10.7. The minimum Gasteiger partial charge on any atom is -0.467 e. The highest BCUT2D eigenvalue weighted by Crippen LogP contribution is 2.16. The standard InChI is InChI=1S/C27H47F3N2O7S/c1-3-4-5-6-7-8-9-10-11-12-13-14-15-16-23(34)39-17-18-40-20-22(32-26(37)27(28,29)30)24(35)31-21(19-33)25(36)38-2/h21-22,33H,3-20H2,1-2H3,(H,31,35)(H,32,37). The topological polar surface area (TPSA) is 131 Å². The van der Waals surface area contributed by atoms with Gasteiger partial charge in [-0.1, -0.05) is 84.0 Å². The van der Waals surface area contributed by atoms with Gasteiger partial charge in [-0.15, -0.1) is 0 Å². The Bertz CT molecular complexity index is 727. The molecule has 2 atom stereocenters. The lowest BCUT2D eigenvalue weighted by Gasteiger charge is -2.21. The summed E-state index contributed by atoms with van der Waals surface area (Å²) in [6, 6.07) is -3.15. The fraction of sp³-hybridized carbons (Fsp3) is 0.852. The number of esters is 2. The predicted octanol–water partition coefficient (Wildman–Crippen LogP) is 4.44. The van der Waals surface area contributed by atoms with Gasteiger partial charge in [0.25, 0.3) is 0 Å². The molecule has 0 fully saturated rings. The van der Waals surface area contributed by atoms with E-state index in [1.54, 1.807) is 5.32 Å². The van der Waals surface area contributed by atoms with E-state index in [2.05, 4.69) is 11.7 Å². The van der Waals surface area contributed by atoms with Gasteiger partial charge in [0.15, 0.2) is 6.04 Å². The molecular weight excluding hydrogens is 553 g/mol. The SMILES string of the molecule is CCCCCCCCCCCCCCCC(=O)OCCSCC(NC(=O)C(F)(F)F)C(=O)NC(CO)C(=O)OC. The van der Waals surface area contributed by atoms with Crippen LogP contribution in [0.1, 0.15) is 96.8 Å². The highest BCUT2D eigenvalue weighted by atomic mass is 32.2. The van der Waals surface area contributed by atoms with Gasteiger partial charge < -0.3 is 25.2 Å². The van der Waals surface area contributed by atoms with Crippen LogP contribution in [0.2, 0.25) is 0 Å². The number of amides is 2. The molecule has 40 heavy (non-hydrogen) atoms. The zero-order chi connectivity index (χ0) is 30.2. The van der Waals surface area contributed by atoms with Crippen molar-refractivity contribution in [2.24, 2.45) is 0 Å². The van der Waals surface area contributed by atoms with E-state index in [-0.39, 0.29) is 30.5 Å². The van der Waals surface area contributed by atoms with Crippen LogP contribution in [-0.2, 0) is 28.7 Å². The van der Waals surface area contributed by atoms with E-state index < -0.39 is 42.7 Å². The Balaban J connectivity index is 4.14. The van der Waals surface area contributed by atoms with Crippen LogP contribution in [0, 0.1) is 0 Å². The van der Waals surface area contributed by atoms with Gasteiger partial charge in [0.1, 0.15) is 12.6 Å². The van der Waals surface area contributed by atoms with Crippen molar-refractivity contribution in [2.45, 2.75) is 115 Å². The number of hydrogen-bond acceptors (Lipinski definition) is 8. The van der Waals surface area contributed by atoms with Crippen LogP contribution in [0.3, 0.4) is 0 Å². The summed E-state index contributed by atoms with van der Waals surface area (Å²) < 4.78 is 47.5. The van der Waals surface area contributed by atoms with Crippen molar-refractivity contribution in [1.29, 1.82) is 0 Å². The molecule has 0 aliphatic heterocycles. The Morgan fingerprint density at radius 3 is 1.82 bits per heavy atom. The number of carbonyl (C=O) groups is 4. The molecule has 0 aliphatic carbocycles. The van der Waals surface area contributed by atoms with Gasteiger partial charge in [-0.2, -0.15) is 24.9 Å². The molecule has 2 amide bonds. The number of aliphatic hydroxyl groups excluding tert-OH is 1. The van der Waals surface area contributed by atoms with Crippen molar-refractivity contribution in [3.05, 3.63) is 0 Å². The second-order valence-electron chi connectivity index (χ2n) is 9.58. The fourth-order valence-electron chi connectivity index (χ4n) is 3.79. The van der Waals surface area contributed by atoms with Crippen molar-refractivity contribution in [2.75, 3.05) is 31.8 Å². The quantitative estimate of drug-likeness (QED) is 0.110. The number of ether oxygens (including phenoxy) is 2. The molecule has 0 aromatic rings. The van der Waals surface area contributed by atoms with Crippen molar-refractivity contribution < 1.29 is 46.9 Å². The third-order valence-electron chi connectivity index (χ3n) is 6.12. The number of thioether (sulfide) groups is 1. The first-order valence-corrected chi connectivity index (χ1v) is 15.3. The molecular formula is C27H47F3N2O7S. The van der Waals surface area contributed by atoms with Gasteiger partial charge in [-0.05, 0) is 6.42 Å². The van der Waals surface area contributed by atoms with Crippen LogP contribution in [0.25, 0.3) is 0 Å². The van der Waals surface area contributed by atoms with Crippen LogP contribution in [0.5, 0.6) is 0 Å². The summed E-state index contributed by atoms with van der Waals surface area (Å²) in [5, 5.41) is 12.8. The minimum absolute atomic E-state index is 0.00900. The molecule has 0 aromatic heterocycles. The van der Waals surface area contributed by atoms with Gasteiger partial charge >= 0.3 is 24.0 Å². The molecule has 0 bridgehead atoms. The Morgan fingerprint density at radius 2 is 1.35 bits per heavy atom. The molecule has 0 aromatic carbocycles. The van der Waals surface area contributed by atoms with Crippen molar-refractivity contribution in [3.8, 4) is 0 Å². The van der Waals surface area contributed by atoms with E-state index in [0.29, 0.717) is 0 Å². The molecule has 2 unspecified atom stereocenters. The molecule has 0 saturated carbocycles. The van der Waals surface area contributed by atoms with E-state index >= 15 is 0 Å². The number of halogens is 3. The number of aliphatic hydroxyl groups is 1. The van der Waals surface area contributed by atoms with E-state index in [1.165, 1.54) is 57.8 Å². The molecule has 0 spiro atoms. The summed E-state index contributed by atoms with van der Waals surface area (Å²) in [6.45, 7) is 1.36. The first-order valence-electron chi connectivity index (χ1n) is 14.2. The Labute approximate surface area is 240 Å². The Hall–Kier alpha value is -2.02. The van der Waals surface area contributed by atoms with E-state index in [0.717, 1.165) is 44.6 Å². The Morgan fingerprint density at radius 1 is 0.825 bits per heavy atom. The molecule has 0 radical (unpaired) electrons. The number of alkyl halides is 3. The third kappa shape index (κ3) is 19.9. The number of rotatable bonds is 24. The van der Waals surface area contributed by atoms with Gasteiger partial charge in [0.2, 0.25) is 5.91 Å². The molecule has 0 rings (SSSR count). The molecule has 0 aliphatic rings. The second kappa shape index (κ2) is 23.7. The molecule has 9 nitrogen and oxygen atoms in total. The summed E-state index contributed by atoms with van der Waals surface area (Å²) >= 11 is 0.982. The monoisotopic (exact) mass is 600 g/mol. The first kappa shape index (κ1) is 38.0. The average molecular weight is 601 g/mol. The molecule has 0 heterocycles. The lowest BCUT2D eigenvalue weighted by Crippen LogP contribution is -2.55.